The summed E-state index contributed by atoms with van der Waals surface area (Å²) in [6, 6.07) is 5.98. The maximum Gasteiger partial charge on any atom is 0.411 e. The molecule has 162 valence electrons. The molecule has 1 amide bonds. The van der Waals surface area contributed by atoms with Crippen LogP contribution < -0.4 is 10.1 Å². The Balaban J connectivity index is 1.54. The molecule has 1 aromatic carbocycles. The van der Waals surface area contributed by atoms with Crippen molar-refractivity contribution in [2.45, 2.75) is 68.7 Å². The minimum absolute atomic E-state index is 0.254. The molecule has 0 bridgehead atoms. The molecule has 1 saturated heterocycles. The summed E-state index contributed by atoms with van der Waals surface area (Å²) in [6.45, 7) is -0.559. The maximum atomic E-state index is 13.8. The van der Waals surface area contributed by atoms with Crippen LogP contribution in [0.25, 0.3) is 0 Å². The standard InChI is InChI=1S/C19H26FNO8/c20-12-3-1-2-4-13(12)29-19(26)21-10-5-7-11(8-6-10)27-18-17(25)16(24)15(23)14(9-22)28-18/h5-8,12-18,22-25H,1-4,9H2,(H,21,26)/t12-,13-,14-,15-,16+,17-,18-/m1/s1. The van der Waals surface area contributed by atoms with Crippen molar-refractivity contribution in [2.75, 3.05) is 11.9 Å². The number of amides is 1. The fraction of sp³-hybridized carbons (Fsp3) is 0.632. The van der Waals surface area contributed by atoms with Crippen molar-refractivity contribution < 1.29 is 43.8 Å². The summed E-state index contributed by atoms with van der Waals surface area (Å²) in [6.07, 6.45) is -7.05. The molecular formula is C19H26FNO8. The van der Waals surface area contributed by atoms with Crippen molar-refractivity contribution in [3.8, 4) is 5.75 Å². The lowest BCUT2D eigenvalue weighted by molar-refractivity contribution is -0.277. The van der Waals surface area contributed by atoms with E-state index in [0.717, 1.165) is 12.8 Å². The second-order valence-electron chi connectivity index (χ2n) is 7.21. The van der Waals surface area contributed by atoms with Gasteiger partial charge in [-0.05, 0) is 43.5 Å². The van der Waals surface area contributed by atoms with Gasteiger partial charge in [-0.3, -0.25) is 5.32 Å². The lowest BCUT2D eigenvalue weighted by Crippen LogP contribution is -2.60. The summed E-state index contributed by atoms with van der Waals surface area (Å²) in [7, 11) is 0. The number of hydrogen-bond donors (Lipinski definition) is 5. The number of halogens is 1. The predicted octanol–water partition coefficient (Wildman–Crippen LogP) is 0.694. The third-order valence-electron chi connectivity index (χ3n) is 5.08. The van der Waals surface area contributed by atoms with E-state index in [1.54, 1.807) is 0 Å². The number of hydrogen-bond acceptors (Lipinski definition) is 8. The van der Waals surface area contributed by atoms with E-state index in [-0.39, 0.29) is 5.75 Å². The van der Waals surface area contributed by atoms with Crippen LogP contribution in [-0.2, 0) is 9.47 Å². The summed E-state index contributed by atoms with van der Waals surface area (Å²) in [4.78, 5) is 11.9. The molecule has 1 saturated carbocycles. The van der Waals surface area contributed by atoms with Crippen molar-refractivity contribution in [1.29, 1.82) is 0 Å². The summed E-state index contributed by atoms with van der Waals surface area (Å²) in [5.74, 6) is 0.254. The number of ether oxygens (including phenoxy) is 3. The molecule has 0 unspecified atom stereocenters. The van der Waals surface area contributed by atoms with Gasteiger partial charge in [-0.25, -0.2) is 9.18 Å². The topological polar surface area (TPSA) is 138 Å². The molecule has 2 aliphatic rings. The average molecular weight is 415 g/mol. The zero-order valence-corrected chi connectivity index (χ0v) is 15.7. The number of benzene rings is 1. The van der Waals surface area contributed by atoms with Crippen LogP contribution in [0, 0.1) is 0 Å². The van der Waals surface area contributed by atoms with Gasteiger partial charge in [-0.1, -0.05) is 6.42 Å². The first-order valence-corrected chi connectivity index (χ1v) is 9.58. The molecule has 7 atom stereocenters. The van der Waals surface area contributed by atoms with Crippen molar-refractivity contribution in [2.24, 2.45) is 0 Å². The summed E-state index contributed by atoms with van der Waals surface area (Å²) in [5.41, 5.74) is 0.391. The highest BCUT2D eigenvalue weighted by Crippen LogP contribution is 2.26. The SMILES string of the molecule is O=C(Nc1ccc(O[C@@H]2O[C@H](CO)[C@@H](O)[C@H](O)[C@H]2O)cc1)O[C@@H]1CCCC[C@H]1F. The smallest absolute Gasteiger partial charge is 0.411 e. The van der Waals surface area contributed by atoms with Gasteiger partial charge < -0.3 is 34.6 Å². The third kappa shape index (κ3) is 5.34. The van der Waals surface area contributed by atoms with Crippen molar-refractivity contribution in [3.05, 3.63) is 24.3 Å². The van der Waals surface area contributed by atoms with Gasteiger partial charge in [0, 0.05) is 5.69 Å². The Morgan fingerprint density at radius 2 is 1.79 bits per heavy atom. The van der Waals surface area contributed by atoms with Crippen molar-refractivity contribution in [1.82, 2.24) is 0 Å². The largest absolute Gasteiger partial charge is 0.462 e. The van der Waals surface area contributed by atoms with Gasteiger partial charge in [0.05, 0.1) is 6.61 Å². The number of carbonyl (C=O) groups excluding carboxylic acids is 1. The highest BCUT2D eigenvalue weighted by atomic mass is 19.1. The Labute approximate surface area is 167 Å². The Kier molecular flexibility index (Phi) is 7.25. The molecule has 2 fully saturated rings. The number of aliphatic hydroxyl groups excluding tert-OH is 4. The van der Waals surface area contributed by atoms with E-state index >= 15 is 0 Å². The third-order valence-corrected chi connectivity index (χ3v) is 5.08. The molecule has 0 spiro atoms. The van der Waals surface area contributed by atoms with Gasteiger partial charge in [-0.2, -0.15) is 0 Å². The van der Waals surface area contributed by atoms with Gasteiger partial charge in [-0.15, -0.1) is 0 Å². The van der Waals surface area contributed by atoms with Crippen LogP contribution in [0.4, 0.5) is 14.9 Å². The van der Waals surface area contributed by atoms with E-state index in [9.17, 15) is 29.6 Å². The lowest BCUT2D eigenvalue weighted by atomic mass is 9.96. The van der Waals surface area contributed by atoms with E-state index in [1.165, 1.54) is 24.3 Å². The number of alkyl halides is 1. The summed E-state index contributed by atoms with van der Waals surface area (Å²) < 4.78 is 29.6. The summed E-state index contributed by atoms with van der Waals surface area (Å²) >= 11 is 0. The van der Waals surface area contributed by atoms with Crippen LogP contribution in [0.1, 0.15) is 25.7 Å². The first kappa shape index (κ1) is 21.7. The van der Waals surface area contributed by atoms with Crippen LogP contribution in [0.15, 0.2) is 24.3 Å². The maximum absolute atomic E-state index is 13.8. The number of nitrogens with one attached hydrogen (secondary N) is 1. The fourth-order valence-electron chi connectivity index (χ4n) is 3.38. The number of anilines is 1. The normalized spacial score (nSPS) is 35.0. The van der Waals surface area contributed by atoms with Gasteiger partial charge in [0.15, 0.2) is 0 Å². The molecule has 0 aromatic heterocycles. The number of carbonyl (C=O) groups is 1. The summed E-state index contributed by atoms with van der Waals surface area (Å²) in [5, 5.41) is 41.2. The van der Waals surface area contributed by atoms with Crippen LogP contribution in [0.2, 0.25) is 0 Å². The van der Waals surface area contributed by atoms with Gasteiger partial charge in [0.1, 0.15) is 42.4 Å². The van der Waals surface area contributed by atoms with E-state index in [0.29, 0.717) is 18.5 Å². The highest BCUT2D eigenvalue weighted by Gasteiger charge is 2.44. The van der Waals surface area contributed by atoms with E-state index in [2.05, 4.69) is 5.32 Å². The lowest BCUT2D eigenvalue weighted by Gasteiger charge is -2.39. The first-order chi connectivity index (χ1) is 13.9. The van der Waals surface area contributed by atoms with Crippen molar-refractivity contribution >= 4 is 11.8 Å². The molecule has 10 heteroatoms. The molecular weight excluding hydrogens is 389 g/mol. The van der Waals surface area contributed by atoms with E-state index < -0.39 is 55.7 Å². The van der Waals surface area contributed by atoms with Gasteiger partial charge in [0.2, 0.25) is 6.29 Å². The van der Waals surface area contributed by atoms with Crippen LogP contribution in [0.3, 0.4) is 0 Å². The number of aliphatic hydroxyl groups is 4. The second-order valence-corrected chi connectivity index (χ2v) is 7.21. The molecule has 9 nitrogen and oxygen atoms in total. The molecule has 1 aromatic rings. The minimum Gasteiger partial charge on any atom is -0.462 e. The average Bonchev–Trinajstić information content (AvgIpc) is 2.71. The molecule has 3 rings (SSSR count). The van der Waals surface area contributed by atoms with Gasteiger partial charge in [0.25, 0.3) is 0 Å². The Bertz CT molecular complexity index is 673. The van der Waals surface area contributed by atoms with Crippen LogP contribution >= 0.6 is 0 Å². The molecule has 29 heavy (non-hydrogen) atoms. The van der Waals surface area contributed by atoms with Crippen LogP contribution in [0.5, 0.6) is 5.75 Å². The molecule has 1 aliphatic heterocycles. The highest BCUT2D eigenvalue weighted by molar-refractivity contribution is 5.84. The second kappa shape index (κ2) is 9.68. The first-order valence-electron chi connectivity index (χ1n) is 9.58. The van der Waals surface area contributed by atoms with Crippen molar-refractivity contribution in [3.63, 3.8) is 0 Å². The molecule has 1 aliphatic carbocycles. The Hall–Kier alpha value is -1.98. The molecule has 0 radical (unpaired) electrons. The molecule has 1 heterocycles. The van der Waals surface area contributed by atoms with E-state index in [4.69, 9.17) is 14.2 Å². The fourth-order valence-corrected chi connectivity index (χ4v) is 3.38. The Morgan fingerprint density at radius 3 is 2.45 bits per heavy atom. The monoisotopic (exact) mass is 415 g/mol. The quantitative estimate of drug-likeness (QED) is 0.474. The minimum atomic E-state index is -1.54. The predicted molar refractivity (Wildman–Crippen MR) is 98.1 cm³/mol. The van der Waals surface area contributed by atoms with Crippen LogP contribution in [-0.4, -0.2) is 76.1 Å². The number of rotatable bonds is 5. The molecule has 5 N–H and O–H groups in total. The van der Waals surface area contributed by atoms with E-state index in [1.807, 2.05) is 0 Å². The Morgan fingerprint density at radius 1 is 1.10 bits per heavy atom. The van der Waals surface area contributed by atoms with Gasteiger partial charge >= 0.3 is 6.09 Å². The zero-order valence-electron chi connectivity index (χ0n) is 15.7. The zero-order chi connectivity index (χ0) is 21.0.